The zero-order valence-electron chi connectivity index (χ0n) is 11.3. The van der Waals surface area contributed by atoms with Crippen LogP contribution >= 0.6 is 0 Å². The Morgan fingerprint density at radius 1 is 1.20 bits per heavy atom. The molecular weight excluding hydrogens is 254 g/mol. The summed E-state index contributed by atoms with van der Waals surface area (Å²) < 4.78 is 0. The summed E-state index contributed by atoms with van der Waals surface area (Å²) >= 11 is 0. The van der Waals surface area contributed by atoms with Gasteiger partial charge in [-0.1, -0.05) is 30.3 Å². The van der Waals surface area contributed by atoms with Crippen molar-refractivity contribution in [3.8, 4) is 0 Å². The first-order valence-corrected chi connectivity index (χ1v) is 6.73. The predicted octanol–water partition coefficient (Wildman–Crippen LogP) is 1.56. The van der Waals surface area contributed by atoms with E-state index in [2.05, 4.69) is 5.32 Å². The van der Waals surface area contributed by atoms with Crippen LogP contribution in [0.2, 0.25) is 0 Å². The summed E-state index contributed by atoms with van der Waals surface area (Å²) in [6, 6.07) is 9.60. The lowest BCUT2D eigenvalue weighted by molar-refractivity contribution is -0.122. The molecule has 2 rings (SSSR count). The van der Waals surface area contributed by atoms with E-state index in [9.17, 15) is 9.59 Å². The Hall–Kier alpha value is -2.30. The van der Waals surface area contributed by atoms with Crippen molar-refractivity contribution in [1.29, 1.82) is 0 Å². The highest BCUT2D eigenvalue weighted by molar-refractivity contribution is 5.78. The van der Waals surface area contributed by atoms with Crippen LogP contribution in [-0.4, -0.2) is 29.9 Å². The third-order valence-corrected chi connectivity index (χ3v) is 3.47. The summed E-state index contributed by atoms with van der Waals surface area (Å²) in [5.74, 6) is -0.368. The largest absolute Gasteiger partial charge is 0.369 e. The van der Waals surface area contributed by atoms with Crippen molar-refractivity contribution in [3.63, 3.8) is 0 Å². The van der Waals surface area contributed by atoms with Crippen LogP contribution in [0.1, 0.15) is 18.4 Å². The first-order chi connectivity index (χ1) is 9.66. The molecular formula is C15H19N3O2. The highest BCUT2D eigenvalue weighted by Gasteiger charge is 2.25. The van der Waals surface area contributed by atoms with Crippen molar-refractivity contribution in [1.82, 2.24) is 10.2 Å². The molecule has 0 saturated carbocycles. The topological polar surface area (TPSA) is 75.4 Å². The third-order valence-electron chi connectivity index (χ3n) is 3.47. The van der Waals surface area contributed by atoms with E-state index in [0.717, 1.165) is 5.56 Å². The standard InChI is InChI=1S/C15H19N3O2/c16-14(19)13-7-10-18(11-8-13)15(20)17-9-6-12-4-2-1-3-5-12/h1-6,9,13H,7-8,10-11H2,(H2,16,19)(H,17,20)/b9-6+. The van der Waals surface area contributed by atoms with E-state index in [1.165, 1.54) is 0 Å². The monoisotopic (exact) mass is 273 g/mol. The number of primary amides is 1. The summed E-state index contributed by atoms with van der Waals surface area (Å²) in [6.07, 6.45) is 4.77. The maximum absolute atomic E-state index is 11.9. The molecule has 0 aromatic heterocycles. The van der Waals surface area contributed by atoms with Crippen LogP contribution in [0.4, 0.5) is 4.79 Å². The van der Waals surface area contributed by atoms with Gasteiger partial charge in [0.1, 0.15) is 0 Å². The molecule has 1 aromatic rings. The second-order valence-corrected chi connectivity index (χ2v) is 4.86. The van der Waals surface area contributed by atoms with Gasteiger partial charge in [0.05, 0.1) is 0 Å². The lowest BCUT2D eigenvalue weighted by atomic mass is 9.96. The van der Waals surface area contributed by atoms with Crippen molar-refractivity contribution >= 4 is 18.0 Å². The molecule has 1 aliphatic rings. The predicted molar refractivity (Wildman–Crippen MR) is 77.5 cm³/mol. The molecule has 1 saturated heterocycles. The number of nitrogens with two attached hydrogens (primary N) is 1. The maximum atomic E-state index is 11.9. The molecule has 0 atom stereocenters. The summed E-state index contributed by atoms with van der Waals surface area (Å²) in [4.78, 5) is 24.7. The quantitative estimate of drug-likeness (QED) is 0.877. The molecule has 0 bridgehead atoms. The molecule has 1 aliphatic heterocycles. The van der Waals surface area contributed by atoms with E-state index in [0.29, 0.717) is 25.9 Å². The molecule has 5 nitrogen and oxygen atoms in total. The lowest BCUT2D eigenvalue weighted by Gasteiger charge is -2.30. The Morgan fingerprint density at radius 2 is 1.85 bits per heavy atom. The number of likely N-dealkylation sites (tertiary alicyclic amines) is 1. The average molecular weight is 273 g/mol. The van der Waals surface area contributed by atoms with Crippen molar-refractivity contribution in [3.05, 3.63) is 42.1 Å². The number of urea groups is 1. The van der Waals surface area contributed by atoms with Crippen molar-refractivity contribution < 1.29 is 9.59 Å². The van der Waals surface area contributed by atoms with Gasteiger partial charge in [-0.3, -0.25) is 4.79 Å². The summed E-state index contributed by atoms with van der Waals surface area (Å²) in [5.41, 5.74) is 6.29. The molecule has 3 N–H and O–H groups in total. The molecule has 20 heavy (non-hydrogen) atoms. The summed E-state index contributed by atoms with van der Waals surface area (Å²) in [6.45, 7) is 1.14. The van der Waals surface area contributed by atoms with E-state index >= 15 is 0 Å². The minimum absolute atomic E-state index is 0.0982. The van der Waals surface area contributed by atoms with Crippen LogP contribution in [0.3, 0.4) is 0 Å². The van der Waals surface area contributed by atoms with Gasteiger partial charge in [0.25, 0.3) is 0 Å². The molecule has 0 unspecified atom stereocenters. The summed E-state index contributed by atoms with van der Waals surface area (Å²) in [7, 11) is 0. The molecule has 0 aliphatic carbocycles. The van der Waals surface area contributed by atoms with Gasteiger partial charge in [-0.15, -0.1) is 0 Å². The van der Waals surface area contributed by atoms with Gasteiger partial charge in [-0.25, -0.2) is 4.79 Å². The number of carbonyl (C=O) groups excluding carboxylic acids is 2. The molecule has 106 valence electrons. The number of hydrogen-bond donors (Lipinski definition) is 2. The van der Waals surface area contributed by atoms with E-state index in [-0.39, 0.29) is 17.9 Å². The fourth-order valence-corrected chi connectivity index (χ4v) is 2.23. The normalized spacial score (nSPS) is 16.3. The molecule has 5 heteroatoms. The Morgan fingerprint density at radius 3 is 2.45 bits per heavy atom. The number of carbonyl (C=O) groups is 2. The maximum Gasteiger partial charge on any atom is 0.321 e. The van der Waals surface area contributed by atoms with Gasteiger partial charge < -0.3 is 16.0 Å². The SMILES string of the molecule is NC(=O)C1CCN(C(=O)N/C=C/c2ccccc2)CC1. The van der Waals surface area contributed by atoms with E-state index in [1.54, 1.807) is 11.1 Å². The van der Waals surface area contributed by atoms with E-state index < -0.39 is 0 Å². The summed E-state index contributed by atoms with van der Waals surface area (Å²) in [5, 5.41) is 2.74. The number of nitrogens with zero attached hydrogens (tertiary/aromatic N) is 1. The smallest absolute Gasteiger partial charge is 0.321 e. The fraction of sp³-hybridized carbons (Fsp3) is 0.333. The molecule has 1 heterocycles. The zero-order valence-corrected chi connectivity index (χ0v) is 11.3. The number of benzene rings is 1. The van der Waals surface area contributed by atoms with Crippen molar-refractivity contribution in [2.24, 2.45) is 11.7 Å². The van der Waals surface area contributed by atoms with Crippen LogP contribution in [0.5, 0.6) is 0 Å². The van der Waals surface area contributed by atoms with Crippen molar-refractivity contribution in [2.75, 3.05) is 13.1 Å². The van der Waals surface area contributed by atoms with Crippen LogP contribution in [0.15, 0.2) is 36.5 Å². The minimum atomic E-state index is -0.269. The van der Waals surface area contributed by atoms with E-state index in [1.807, 2.05) is 36.4 Å². The molecule has 1 fully saturated rings. The van der Waals surface area contributed by atoms with Gasteiger partial charge in [0.15, 0.2) is 0 Å². The Kier molecular flexibility index (Phi) is 4.76. The van der Waals surface area contributed by atoms with Crippen LogP contribution in [-0.2, 0) is 4.79 Å². The van der Waals surface area contributed by atoms with Crippen LogP contribution in [0.25, 0.3) is 6.08 Å². The second-order valence-electron chi connectivity index (χ2n) is 4.86. The van der Waals surface area contributed by atoms with Crippen LogP contribution in [0, 0.1) is 5.92 Å². The number of rotatable bonds is 3. The van der Waals surface area contributed by atoms with Crippen molar-refractivity contribution in [2.45, 2.75) is 12.8 Å². The lowest BCUT2D eigenvalue weighted by Crippen LogP contribution is -2.45. The first kappa shape index (κ1) is 14.1. The fourth-order valence-electron chi connectivity index (χ4n) is 2.23. The first-order valence-electron chi connectivity index (χ1n) is 6.73. The highest BCUT2D eigenvalue weighted by Crippen LogP contribution is 2.16. The Labute approximate surface area is 118 Å². The Balaban J connectivity index is 1.79. The zero-order chi connectivity index (χ0) is 14.4. The average Bonchev–Trinajstić information content (AvgIpc) is 2.48. The van der Waals surface area contributed by atoms with Gasteiger partial charge in [0, 0.05) is 25.2 Å². The minimum Gasteiger partial charge on any atom is -0.369 e. The number of piperidine rings is 1. The van der Waals surface area contributed by atoms with Gasteiger partial charge in [-0.2, -0.15) is 0 Å². The molecule has 3 amide bonds. The van der Waals surface area contributed by atoms with Gasteiger partial charge >= 0.3 is 6.03 Å². The molecule has 0 radical (unpaired) electrons. The number of amides is 3. The van der Waals surface area contributed by atoms with E-state index in [4.69, 9.17) is 5.73 Å². The molecule has 0 spiro atoms. The molecule has 1 aromatic carbocycles. The highest BCUT2D eigenvalue weighted by atomic mass is 16.2. The number of hydrogen-bond acceptors (Lipinski definition) is 2. The third kappa shape index (κ3) is 3.85. The van der Waals surface area contributed by atoms with Gasteiger partial charge in [-0.05, 0) is 24.5 Å². The Bertz CT molecular complexity index is 491. The van der Waals surface area contributed by atoms with Gasteiger partial charge in [0.2, 0.25) is 5.91 Å². The van der Waals surface area contributed by atoms with Crippen LogP contribution < -0.4 is 11.1 Å². The second kappa shape index (κ2) is 6.75. The number of nitrogens with one attached hydrogen (secondary N) is 1.